The molecule has 2 heterocycles. The van der Waals surface area contributed by atoms with E-state index in [4.69, 9.17) is 9.15 Å². The standard InChI is InChI=1S/C17H23BrN2O3/c1-12(2)10-22-14-5-7-19(8-6-14)11-20-15-4-3-13(18)9-16(15)23-17(20)21/h3-4,9,12,14H,5-8,10-11H2,1-2H3. The molecule has 0 amide bonds. The first-order valence-corrected chi connectivity index (χ1v) is 8.95. The van der Waals surface area contributed by atoms with Crippen molar-refractivity contribution in [2.75, 3.05) is 19.7 Å². The highest BCUT2D eigenvalue weighted by Gasteiger charge is 2.21. The van der Waals surface area contributed by atoms with Crippen molar-refractivity contribution in [3.8, 4) is 0 Å². The van der Waals surface area contributed by atoms with Gasteiger partial charge in [0.2, 0.25) is 0 Å². The number of ether oxygens (including phenoxy) is 1. The molecule has 6 heteroatoms. The molecule has 0 atom stereocenters. The Morgan fingerprint density at radius 1 is 1.35 bits per heavy atom. The molecule has 1 saturated heterocycles. The lowest BCUT2D eigenvalue weighted by Crippen LogP contribution is -2.39. The van der Waals surface area contributed by atoms with Gasteiger partial charge in [0, 0.05) is 24.2 Å². The number of halogens is 1. The van der Waals surface area contributed by atoms with Crippen molar-refractivity contribution in [1.29, 1.82) is 0 Å². The lowest BCUT2D eigenvalue weighted by atomic mass is 10.1. The number of rotatable bonds is 5. The predicted molar refractivity (Wildman–Crippen MR) is 93.6 cm³/mol. The molecule has 0 spiro atoms. The summed E-state index contributed by atoms with van der Waals surface area (Å²) < 4.78 is 13.9. The first-order chi connectivity index (χ1) is 11.0. The van der Waals surface area contributed by atoms with Gasteiger partial charge in [-0.15, -0.1) is 0 Å². The molecule has 1 aromatic carbocycles. The largest absolute Gasteiger partial charge is 0.421 e. The van der Waals surface area contributed by atoms with E-state index in [0.29, 0.717) is 24.3 Å². The zero-order chi connectivity index (χ0) is 16.4. The Hall–Kier alpha value is -1.11. The van der Waals surface area contributed by atoms with E-state index < -0.39 is 0 Å². The molecule has 1 fully saturated rings. The summed E-state index contributed by atoms with van der Waals surface area (Å²) >= 11 is 3.40. The average Bonchev–Trinajstić information content (AvgIpc) is 2.81. The van der Waals surface area contributed by atoms with Crippen LogP contribution in [0.3, 0.4) is 0 Å². The zero-order valence-electron chi connectivity index (χ0n) is 13.6. The molecule has 23 heavy (non-hydrogen) atoms. The van der Waals surface area contributed by atoms with Crippen molar-refractivity contribution in [2.24, 2.45) is 5.92 Å². The van der Waals surface area contributed by atoms with E-state index in [1.165, 1.54) is 0 Å². The van der Waals surface area contributed by atoms with Crippen LogP contribution in [-0.2, 0) is 11.4 Å². The molecule has 0 N–H and O–H groups in total. The summed E-state index contributed by atoms with van der Waals surface area (Å²) in [7, 11) is 0. The summed E-state index contributed by atoms with van der Waals surface area (Å²) in [4.78, 5) is 14.4. The Bertz CT molecular complexity index is 714. The minimum Gasteiger partial charge on any atom is -0.408 e. The number of nitrogens with zero attached hydrogens (tertiary/aromatic N) is 2. The van der Waals surface area contributed by atoms with Gasteiger partial charge < -0.3 is 9.15 Å². The van der Waals surface area contributed by atoms with Crippen LogP contribution >= 0.6 is 15.9 Å². The molecule has 0 aliphatic carbocycles. The fourth-order valence-electron chi connectivity index (χ4n) is 2.92. The Balaban J connectivity index is 1.63. The van der Waals surface area contributed by atoms with Gasteiger partial charge in [-0.1, -0.05) is 29.8 Å². The Morgan fingerprint density at radius 2 is 2.09 bits per heavy atom. The van der Waals surface area contributed by atoms with Gasteiger partial charge in [-0.2, -0.15) is 0 Å². The van der Waals surface area contributed by atoms with E-state index in [0.717, 1.165) is 42.5 Å². The van der Waals surface area contributed by atoms with Crippen LogP contribution in [-0.4, -0.2) is 35.3 Å². The van der Waals surface area contributed by atoms with Gasteiger partial charge in [-0.25, -0.2) is 4.79 Å². The maximum Gasteiger partial charge on any atom is 0.421 e. The summed E-state index contributed by atoms with van der Waals surface area (Å²) in [6.45, 7) is 7.63. The molecule has 1 aliphatic heterocycles. The minimum atomic E-state index is -0.295. The molecule has 126 valence electrons. The number of hydrogen-bond donors (Lipinski definition) is 0. The highest BCUT2D eigenvalue weighted by Crippen LogP contribution is 2.20. The third kappa shape index (κ3) is 4.05. The predicted octanol–water partition coefficient (Wildman–Crippen LogP) is 3.45. The number of oxazole rings is 1. The summed E-state index contributed by atoms with van der Waals surface area (Å²) in [5.41, 5.74) is 1.47. The molecule has 2 aromatic rings. The quantitative estimate of drug-likeness (QED) is 0.794. The van der Waals surface area contributed by atoms with E-state index in [-0.39, 0.29) is 5.76 Å². The van der Waals surface area contributed by atoms with Gasteiger partial charge in [-0.3, -0.25) is 9.47 Å². The molecule has 3 rings (SSSR count). The van der Waals surface area contributed by atoms with E-state index in [1.807, 2.05) is 18.2 Å². The number of fused-ring (bicyclic) bond motifs is 1. The average molecular weight is 383 g/mol. The second-order valence-corrected chi connectivity index (χ2v) is 7.51. The van der Waals surface area contributed by atoms with E-state index in [2.05, 4.69) is 34.7 Å². The first-order valence-electron chi connectivity index (χ1n) is 8.16. The number of aromatic nitrogens is 1. The topological polar surface area (TPSA) is 47.6 Å². The fraction of sp³-hybridized carbons (Fsp3) is 0.588. The van der Waals surface area contributed by atoms with Crippen LogP contribution < -0.4 is 5.76 Å². The third-order valence-electron chi connectivity index (χ3n) is 4.17. The van der Waals surface area contributed by atoms with Gasteiger partial charge in [0.25, 0.3) is 0 Å². The summed E-state index contributed by atoms with van der Waals surface area (Å²) in [6.07, 6.45) is 2.38. The summed E-state index contributed by atoms with van der Waals surface area (Å²) in [5, 5.41) is 0. The third-order valence-corrected chi connectivity index (χ3v) is 4.66. The van der Waals surface area contributed by atoms with E-state index in [9.17, 15) is 4.79 Å². The van der Waals surface area contributed by atoms with Crippen molar-refractivity contribution in [3.63, 3.8) is 0 Å². The van der Waals surface area contributed by atoms with Gasteiger partial charge in [0.05, 0.1) is 18.3 Å². The lowest BCUT2D eigenvalue weighted by molar-refractivity contribution is -0.00999. The number of likely N-dealkylation sites (tertiary alicyclic amines) is 1. The summed E-state index contributed by atoms with van der Waals surface area (Å²) in [6, 6.07) is 5.68. The van der Waals surface area contributed by atoms with Crippen LogP contribution in [0.1, 0.15) is 26.7 Å². The molecule has 1 aliphatic rings. The van der Waals surface area contributed by atoms with Crippen LogP contribution in [0.15, 0.2) is 31.9 Å². The van der Waals surface area contributed by atoms with Crippen LogP contribution in [0.5, 0.6) is 0 Å². The molecule has 5 nitrogen and oxygen atoms in total. The van der Waals surface area contributed by atoms with Crippen LogP contribution in [0.4, 0.5) is 0 Å². The van der Waals surface area contributed by atoms with Crippen molar-refractivity contribution in [3.05, 3.63) is 33.2 Å². The van der Waals surface area contributed by atoms with Crippen LogP contribution in [0, 0.1) is 5.92 Å². The second kappa shape index (κ2) is 7.20. The number of benzene rings is 1. The smallest absolute Gasteiger partial charge is 0.408 e. The second-order valence-electron chi connectivity index (χ2n) is 6.59. The molecule has 0 saturated carbocycles. The molecule has 1 aromatic heterocycles. The molecule has 0 bridgehead atoms. The zero-order valence-corrected chi connectivity index (χ0v) is 15.2. The van der Waals surface area contributed by atoms with Gasteiger partial charge in [0.15, 0.2) is 5.58 Å². The van der Waals surface area contributed by atoms with Crippen LogP contribution in [0.2, 0.25) is 0 Å². The molecule has 0 unspecified atom stereocenters. The number of piperidine rings is 1. The SMILES string of the molecule is CC(C)COC1CCN(Cn2c(=O)oc3cc(Br)ccc32)CC1. The Morgan fingerprint density at radius 3 is 2.78 bits per heavy atom. The van der Waals surface area contributed by atoms with Crippen LogP contribution in [0.25, 0.3) is 11.1 Å². The molecular weight excluding hydrogens is 360 g/mol. The normalized spacial score (nSPS) is 17.4. The van der Waals surface area contributed by atoms with Gasteiger partial charge in [0.1, 0.15) is 0 Å². The van der Waals surface area contributed by atoms with E-state index in [1.54, 1.807) is 4.57 Å². The molecule has 0 radical (unpaired) electrons. The van der Waals surface area contributed by atoms with Gasteiger partial charge in [-0.05, 0) is 37.0 Å². The maximum atomic E-state index is 12.1. The van der Waals surface area contributed by atoms with E-state index >= 15 is 0 Å². The Kier molecular flexibility index (Phi) is 5.24. The van der Waals surface area contributed by atoms with Crippen molar-refractivity contribution in [2.45, 2.75) is 39.5 Å². The number of hydrogen-bond acceptors (Lipinski definition) is 4. The van der Waals surface area contributed by atoms with Gasteiger partial charge >= 0.3 is 5.76 Å². The lowest BCUT2D eigenvalue weighted by Gasteiger charge is -2.32. The first kappa shape index (κ1) is 16.7. The molecular formula is C17H23BrN2O3. The highest BCUT2D eigenvalue weighted by molar-refractivity contribution is 9.10. The monoisotopic (exact) mass is 382 g/mol. The van der Waals surface area contributed by atoms with Crippen molar-refractivity contribution in [1.82, 2.24) is 9.47 Å². The fourth-order valence-corrected chi connectivity index (χ4v) is 3.26. The minimum absolute atomic E-state index is 0.295. The maximum absolute atomic E-state index is 12.1. The Labute approximate surface area is 144 Å². The highest BCUT2D eigenvalue weighted by atomic mass is 79.9. The summed E-state index contributed by atoms with van der Waals surface area (Å²) in [5.74, 6) is 0.277. The van der Waals surface area contributed by atoms with Crippen molar-refractivity contribution < 1.29 is 9.15 Å². The van der Waals surface area contributed by atoms with Crippen molar-refractivity contribution >= 4 is 27.0 Å².